The van der Waals surface area contributed by atoms with Crippen LogP contribution in [-0.4, -0.2) is 38.4 Å². The van der Waals surface area contributed by atoms with Crippen molar-refractivity contribution in [1.29, 1.82) is 0 Å². The van der Waals surface area contributed by atoms with Crippen LogP contribution in [0.25, 0.3) is 0 Å². The quantitative estimate of drug-likeness (QED) is 0.403. The minimum Gasteiger partial charge on any atom is -0.454 e. The number of hydrogen-bond donors (Lipinski definition) is 3. The lowest BCUT2D eigenvalue weighted by molar-refractivity contribution is -0.0505. The van der Waals surface area contributed by atoms with E-state index < -0.39 is 6.61 Å². The predicted molar refractivity (Wildman–Crippen MR) is 115 cm³/mol. The fourth-order valence-electron chi connectivity index (χ4n) is 3.02. The maximum absolute atomic E-state index is 12.8. The molecule has 2 aromatic rings. The summed E-state index contributed by atoms with van der Waals surface area (Å²) in [6, 6.07) is 10.2. The first-order chi connectivity index (χ1) is 15.5. The van der Waals surface area contributed by atoms with E-state index in [2.05, 4.69) is 25.7 Å². The van der Waals surface area contributed by atoms with Crippen molar-refractivity contribution < 1.29 is 27.8 Å². The van der Waals surface area contributed by atoms with Crippen molar-refractivity contribution >= 4 is 11.9 Å². The molecule has 1 aliphatic rings. The highest BCUT2D eigenvalue weighted by Crippen LogP contribution is 2.38. The molecule has 0 radical (unpaired) electrons. The van der Waals surface area contributed by atoms with Crippen molar-refractivity contribution in [2.45, 2.75) is 33.5 Å². The second-order valence-corrected chi connectivity index (χ2v) is 6.80. The smallest absolute Gasteiger partial charge is 0.387 e. The first-order valence-corrected chi connectivity index (χ1v) is 10.3. The Kier molecular flexibility index (Phi) is 8.07. The molecule has 1 amide bonds. The van der Waals surface area contributed by atoms with Gasteiger partial charge < -0.3 is 30.2 Å². The average Bonchev–Trinajstić information content (AvgIpc) is 3.23. The van der Waals surface area contributed by atoms with Gasteiger partial charge in [0.2, 0.25) is 6.79 Å². The van der Waals surface area contributed by atoms with E-state index in [4.69, 9.17) is 9.47 Å². The summed E-state index contributed by atoms with van der Waals surface area (Å²) in [5, 5.41) is 8.98. The number of guanidine groups is 1. The third-order valence-corrected chi connectivity index (χ3v) is 4.54. The SMILES string of the molecule is CCNC(=O)c1ccc(CN=C(NCC)NCc2cc3c(cc2OC(F)F)OCO3)cc1. The summed E-state index contributed by atoms with van der Waals surface area (Å²) in [7, 11) is 0. The Morgan fingerprint density at radius 1 is 1.06 bits per heavy atom. The Hall–Kier alpha value is -3.56. The van der Waals surface area contributed by atoms with E-state index in [1.165, 1.54) is 6.07 Å². The fourth-order valence-corrected chi connectivity index (χ4v) is 3.02. The summed E-state index contributed by atoms with van der Waals surface area (Å²) < 4.78 is 40.9. The number of carbonyl (C=O) groups is 1. The van der Waals surface area contributed by atoms with Gasteiger partial charge in [-0.15, -0.1) is 0 Å². The normalized spacial score (nSPS) is 12.6. The van der Waals surface area contributed by atoms with Gasteiger partial charge in [0.05, 0.1) is 6.54 Å². The standard InChI is InChI=1S/C22H26F2N4O4/c1-3-25-20(29)15-7-5-14(6-8-15)11-27-22(26-4-2)28-12-16-9-18-19(31-13-30-18)10-17(16)32-21(23)24/h5-10,21H,3-4,11-13H2,1-2H3,(H,25,29)(H2,26,27,28). The van der Waals surface area contributed by atoms with E-state index in [-0.39, 0.29) is 25.0 Å². The lowest BCUT2D eigenvalue weighted by Gasteiger charge is -2.15. The van der Waals surface area contributed by atoms with Crippen LogP contribution in [-0.2, 0) is 13.1 Å². The van der Waals surface area contributed by atoms with Crippen LogP contribution in [0, 0.1) is 0 Å². The number of hydrogen-bond acceptors (Lipinski definition) is 5. The molecular weight excluding hydrogens is 422 g/mol. The summed E-state index contributed by atoms with van der Waals surface area (Å²) >= 11 is 0. The highest BCUT2D eigenvalue weighted by Gasteiger charge is 2.20. The topological polar surface area (TPSA) is 93.2 Å². The molecular formula is C22H26F2N4O4. The molecule has 0 fully saturated rings. The van der Waals surface area contributed by atoms with Gasteiger partial charge in [-0.3, -0.25) is 4.79 Å². The van der Waals surface area contributed by atoms with E-state index in [1.54, 1.807) is 18.2 Å². The second-order valence-electron chi connectivity index (χ2n) is 6.80. The molecule has 0 saturated carbocycles. The Morgan fingerprint density at radius 2 is 1.75 bits per heavy atom. The van der Waals surface area contributed by atoms with Gasteiger partial charge in [0.25, 0.3) is 5.91 Å². The van der Waals surface area contributed by atoms with Crippen LogP contribution in [0.5, 0.6) is 17.2 Å². The number of benzene rings is 2. The molecule has 3 N–H and O–H groups in total. The third-order valence-electron chi connectivity index (χ3n) is 4.54. The highest BCUT2D eigenvalue weighted by atomic mass is 19.3. The van der Waals surface area contributed by atoms with E-state index in [1.807, 2.05) is 26.0 Å². The zero-order chi connectivity index (χ0) is 22.9. The first kappa shape index (κ1) is 23.1. The molecule has 0 atom stereocenters. The predicted octanol–water partition coefficient (Wildman–Crippen LogP) is 3.02. The van der Waals surface area contributed by atoms with Crippen molar-refractivity contribution in [1.82, 2.24) is 16.0 Å². The molecule has 0 aliphatic carbocycles. The summed E-state index contributed by atoms with van der Waals surface area (Å²) in [6.07, 6.45) is 0. The molecule has 0 saturated heterocycles. The molecule has 1 heterocycles. The number of nitrogens with zero attached hydrogens (tertiary/aromatic N) is 1. The number of rotatable bonds is 9. The van der Waals surface area contributed by atoms with E-state index in [9.17, 15) is 13.6 Å². The Bertz CT molecular complexity index is 952. The van der Waals surface area contributed by atoms with Gasteiger partial charge in [0.1, 0.15) is 5.75 Å². The molecule has 0 spiro atoms. The lowest BCUT2D eigenvalue weighted by atomic mass is 10.1. The molecule has 0 unspecified atom stereocenters. The Balaban J connectivity index is 1.68. The molecule has 2 aromatic carbocycles. The fraction of sp³-hybridized carbons (Fsp3) is 0.364. The third kappa shape index (κ3) is 6.22. The average molecular weight is 448 g/mol. The molecule has 8 nitrogen and oxygen atoms in total. The van der Waals surface area contributed by atoms with Gasteiger partial charge in [-0.2, -0.15) is 8.78 Å². The molecule has 3 rings (SSSR count). The zero-order valence-electron chi connectivity index (χ0n) is 17.9. The van der Waals surface area contributed by atoms with Gasteiger partial charge in [-0.1, -0.05) is 12.1 Å². The van der Waals surface area contributed by atoms with Gasteiger partial charge in [-0.05, 0) is 37.6 Å². The van der Waals surface area contributed by atoms with Crippen molar-refractivity contribution in [2.75, 3.05) is 19.9 Å². The number of halogens is 2. The summed E-state index contributed by atoms with van der Waals surface area (Å²) in [6.45, 7) is 2.58. The van der Waals surface area contributed by atoms with Gasteiger partial charge in [0, 0.05) is 36.8 Å². The van der Waals surface area contributed by atoms with Crippen molar-refractivity contribution in [2.24, 2.45) is 4.99 Å². The first-order valence-electron chi connectivity index (χ1n) is 10.3. The molecule has 172 valence electrons. The molecule has 0 bridgehead atoms. The number of carbonyl (C=O) groups excluding carboxylic acids is 1. The van der Waals surface area contributed by atoms with Crippen LogP contribution in [0.15, 0.2) is 41.4 Å². The largest absolute Gasteiger partial charge is 0.454 e. The number of ether oxygens (including phenoxy) is 3. The van der Waals surface area contributed by atoms with E-state index >= 15 is 0 Å². The monoisotopic (exact) mass is 448 g/mol. The number of aliphatic imine (C=N–C) groups is 1. The maximum Gasteiger partial charge on any atom is 0.387 e. The molecule has 32 heavy (non-hydrogen) atoms. The number of amides is 1. The van der Waals surface area contributed by atoms with Crippen LogP contribution in [0.1, 0.15) is 35.3 Å². The summed E-state index contributed by atoms with van der Waals surface area (Å²) in [5.74, 6) is 1.22. The van der Waals surface area contributed by atoms with Crippen molar-refractivity contribution in [3.63, 3.8) is 0 Å². The van der Waals surface area contributed by atoms with Crippen LogP contribution < -0.4 is 30.2 Å². The maximum atomic E-state index is 12.8. The molecule has 0 aromatic heterocycles. The van der Waals surface area contributed by atoms with Crippen LogP contribution in [0.4, 0.5) is 8.78 Å². The van der Waals surface area contributed by atoms with Gasteiger partial charge >= 0.3 is 6.61 Å². The Labute approximate surface area is 185 Å². The number of fused-ring (bicyclic) bond motifs is 1. The van der Waals surface area contributed by atoms with Crippen LogP contribution in [0.2, 0.25) is 0 Å². The van der Waals surface area contributed by atoms with Crippen LogP contribution in [0.3, 0.4) is 0 Å². The summed E-state index contributed by atoms with van der Waals surface area (Å²) in [4.78, 5) is 16.4. The lowest BCUT2D eigenvalue weighted by Crippen LogP contribution is -2.36. The number of alkyl halides is 2. The second kappa shape index (κ2) is 11.2. The molecule has 10 heteroatoms. The zero-order valence-corrected chi connectivity index (χ0v) is 17.9. The minimum absolute atomic E-state index is 0.00791. The highest BCUT2D eigenvalue weighted by molar-refractivity contribution is 5.94. The van der Waals surface area contributed by atoms with Crippen molar-refractivity contribution in [3.8, 4) is 17.2 Å². The van der Waals surface area contributed by atoms with Crippen LogP contribution >= 0.6 is 0 Å². The molecule has 1 aliphatic heterocycles. The summed E-state index contributed by atoms with van der Waals surface area (Å²) in [5.41, 5.74) is 1.98. The van der Waals surface area contributed by atoms with E-state index in [0.29, 0.717) is 48.2 Å². The van der Waals surface area contributed by atoms with Gasteiger partial charge in [-0.25, -0.2) is 4.99 Å². The van der Waals surface area contributed by atoms with Gasteiger partial charge in [0.15, 0.2) is 17.5 Å². The minimum atomic E-state index is -2.96. The van der Waals surface area contributed by atoms with E-state index in [0.717, 1.165) is 5.56 Å². The number of nitrogens with one attached hydrogen (secondary N) is 3. The Morgan fingerprint density at radius 3 is 2.41 bits per heavy atom. The van der Waals surface area contributed by atoms with Crippen molar-refractivity contribution in [3.05, 3.63) is 53.1 Å².